The number of nitrogens with zero attached hydrogens (tertiary/aromatic N) is 1. The van der Waals surface area contributed by atoms with E-state index in [2.05, 4.69) is 11.8 Å². The van der Waals surface area contributed by atoms with Gasteiger partial charge < -0.3 is 10.8 Å². The third-order valence-electron chi connectivity index (χ3n) is 3.63. The summed E-state index contributed by atoms with van der Waals surface area (Å²) in [5.41, 5.74) is 7.12. The molecule has 0 aliphatic carbocycles. The predicted molar refractivity (Wildman–Crippen MR) is 69.9 cm³/mol. The molecule has 3 nitrogen and oxygen atoms in total. The minimum absolute atomic E-state index is 0.290. The summed E-state index contributed by atoms with van der Waals surface area (Å²) in [5.74, 6) is 1.08. The number of nitrogens with two attached hydrogens (primary N) is 1. The van der Waals surface area contributed by atoms with Crippen molar-refractivity contribution < 1.29 is 5.11 Å². The average Bonchev–Trinajstić information content (AvgIpc) is 2.33. The van der Waals surface area contributed by atoms with Crippen molar-refractivity contribution in [1.29, 1.82) is 0 Å². The lowest BCUT2D eigenvalue weighted by Gasteiger charge is -2.37. The molecule has 1 aliphatic heterocycles. The van der Waals surface area contributed by atoms with Crippen LogP contribution in [0.5, 0.6) is 5.75 Å². The smallest absolute Gasteiger partial charge is 0.115 e. The van der Waals surface area contributed by atoms with E-state index in [0.29, 0.717) is 18.3 Å². The second-order valence-corrected chi connectivity index (χ2v) is 5.09. The summed E-state index contributed by atoms with van der Waals surface area (Å²) in [6.45, 7) is 5.20. The van der Waals surface area contributed by atoms with Crippen LogP contribution in [-0.4, -0.2) is 29.6 Å². The van der Waals surface area contributed by atoms with Crippen LogP contribution in [0.1, 0.15) is 31.4 Å². The summed E-state index contributed by atoms with van der Waals surface area (Å²) in [4.78, 5) is 2.47. The topological polar surface area (TPSA) is 49.5 Å². The molecule has 17 heavy (non-hydrogen) atoms. The van der Waals surface area contributed by atoms with E-state index < -0.39 is 0 Å². The quantitative estimate of drug-likeness (QED) is 0.842. The molecule has 0 aromatic heterocycles. The Hall–Kier alpha value is -1.06. The van der Waals surface area contributed by atoms with E-state index in [1.165, 1.54) is 18.4 Å². The van der Waals surface area contributed by atoms with Crippen molar-refractivity contribution in [2.45, 2.75) is 25.8 Å². The van der Waals surface area contributed by atoms with Gasteiger partial charge in [0.1, 0.15) is 5.75 Å². The number of hydrogen-bond acceptors (Lipinski definition) is 3. The van der Waals surface area contributed by atoms with Gasteiger partial charge in [-0.25, -0.2) is 0 Å². The van der Waals surface area contributed by atoms with Crippen LogP contribution in [0.25, 0.3) is 0 Å². The molecule has 0 bridgehead atoms. The standard InChI is InChI=1S/C14H22N2O/c1-11-3-2-8-16(10-11)14(9-15)12-4-6-13(17)7-5-12/h4-7,11,14,17H,2-3,8-10,15H2,1H3. The van der Waals surface area contributed by atoms with Crippen molar-refractivity contribution in [3.05, 3.63) is 29.8 Å². The number of aromatic hydroxyl groups is 1. The minimum atomic E-state index is 0.290. The van der Waals surface area contributed by atoms with Gasteiger partial charge >= 0.3 is 0 Å². The summed E-state index contributed by atoms with van der Waals surface area (Å²) in [6.07, 6.45) is 2.58. The van der Waals surface area contributed by atoms with Gasteiger partial charge in [0.15, 0.2) is 0 Å². The molecule has 0 spiro atoms. The highest BCUT2D eigenvalue weighted by molar-refractivity contribution is 5.28. The van der Waals surface area contributed by atoms with Crippen LogP contribution in [0, 0.1) is 5.92 Å². The van der Waals surface area contributed by atoms with E-state index in [1.54, 1.807) is 12.1 Å². The lowest BCUT2D eigenvalue weighted by atomic mass is 9.96. The summed E-state index contributed by atoms with van der Waals surface area (Å²) >= 11 is 0. The van der Waals surface area contributed by atoms with Gasteiger partial charge in [-0.3, -0.25) is 4.90 Å². The molecule has 1 aromatic rings. The van der Waals surface area contributed by atoms with E-state index in [1.807, 2.05) is 12.1 Å². The number of piperidine rings is 1. The first-order chi connectivity index (χ1) is 8.20. The van der Waals surface area contributed by atoms with E-state index in [-0.39, 0.29) is 0 Å². The van der Waals surface area contributed by atoms with E-state index in [0.717, 1.165) is 19.0 Å². The zero-order valence-electron chi connectivity index (χ0n) is 10.5. The monoisotopic (exact) mass is 234 g/mol. The number of phenols is 1. The first-order valence-corrected chi connectivity index (χ1v) is 6.43. The van der Waals surface area contributed by atoms with Crippen molar-refractivity contribution >= 4 is 0 Å². The summed E-state index contributed by atoms with van der Waals surface area (Å²) in [6, 6.07) is 7.73. The Morgan fingerprint density at radius 2 is 2.12 bits per heavy atom. The molecule has 1 fully saturated rings. The van der Waals surface area contributed by atoms with Crippen LogP contribution in [0.4, 0.5) is 0 Å². The number of likely N-dealkylation sites (tertiary alicyclic amines) is 1. The molecule has 2 atom stereocenters. The van der Waals surface area contributed by atoms with E-state index >= 15 is 0 Å². The largest absolute Gasteiger partial charge is 0.508 e. The molecule has 2 rings (SSSR count). The molecule has 3 N–H and O–H groups in total. The van der Waals surface area contributed by atoms with Crippen LogP contribution in [0.2, 0.25) is 0 Å². The Balaban J connectivity index is 2.12. The van der Waals surface area contributed by atoms with Gasteiger partial charge in [0.25, 0.3) is 0 Å². The third-order valence-corrected chi connectivity index (χ3v) is 3.63. The molecule has 1 saturated heterocycles. The van der Waals surface area contributed by atoms with E-state index in [9.17, 15) is 5.11 Å². The van der Waals surface area contributed by atoms with Crippen molar-refractivity contribution in [3.63, 3.8) is 0 Å². The third kappa shape index (κ3) is 2.99. The molecule has 2 unspecified atom stereocenters. The summed E-state index contributed by atoms with van der Waals surface area (Å²) in [7, 11) is 0. The summed E-state index contributed by atoms with van der Waals surface area (Å²) < 4.78 is 0. The van der Waals surface area contributed by atoms with Crippen LogP contribution in [0.15, 0.2) is 24.3 Å². The van der Waals surface area contributed by atoms with Gasteiger partial charge in [-0.05, 0) is 43.0 Å². The average molecular weight is 234 g/mol. The molecule has 94 valence electrons. The lowest BCUT2D eigenvalue weighted by molar-refractivity contribution is 0.133. The molecule has 0 amide bonds. The maximum atomic E-state index is 9.32. The number of phenolic OH excluding ortho intramolecular Hbond substituents is 1. The van der Waals surface area contributed by atoms with Gasteiger partial charge in [0.2, 0.25) is 0 Å². The van der Waals surface area contributed by atoms with Gasteiger partial charge in [0, 0.05) is 19.1 Å². The van der Waals surface area contributed by atoms with Gasteiger partial charge in [-0.1, -0.05) is 19.1 Å². The molecule has 0 saturated carbocycles. The second kappa shape index (κ2) is 5.52. The fourth-order valence-corrected chi connectivity index (χ4v) is 2.70. The van der Waals surface area contributed by atoms with Crippen molar-refractivity contribution in [3.8, 4) is 5.75 Å². The summed E-state index contributed by atoms with van der Waals surface area (Å²) in [5, 5.41) is 9.32. The Labute approximate surface area is 103 Å². The maximum Gasteiger partial charge on any atom is 0.115 e. The molecule has 1 aromatic carbocycles. The molecular formula is C14H22N2O. The highest BCUT2D eigenvalue weighted by Gasteiger charge is 2.23. The van der Waals surface area contributed by atoms with Crippen molar-refractivity contribution in [2.75, 3.05) is 19.6 Å². The Kier molecular flexibility index (Phi) is 4.02. The van der Waals surface area contributed by atoms with Crippen LogP contribution >= 0.6 is 0 Å². The minimum Gasteiger partial charge on any atom is -0.508 e. The van der Waals surface area contributed by atoms with Crippen molar-refractivity contribution in [2.24, 2.45) is 11.7 Å². The van der Waals surface area contributed by atoms with Gasteiger partial charge in [-0.2, -0.15) is 0 Å². The fourth-order valence-electron chi connectivity index (χ4n) is 2.70. The van der Waals surface area contributed by atoms with Crippen LogP contribution < -0.4 is 5.73 Å². The number of hydrogen-bond donors (Lipinski definition) is 2. The Morgan fingerprint density at radius 3 is 2.71 bits per heavy atom. The molecule has 1 aliphatic rings. The Morgan fingerprint density at radius 1 is 1.41 bits per heavy atom. The van der Waals surface area contributed by atoms with E-state index in [4.69, 9.17) is 5.73 Å². The lowest BCUT2D eigenvalue weighted by Crippen LogP contribution is -2.40. The molecule has 3 heteroatoms. The number of benzene rings is 1. The second-order valence-electron chi connectivity index (χ2n) is 5.09. The first kappa shape index (κ1) is 12.4. The van der Waals surface area contributed by atoms with Crippen molar-refractivity contribution in [1.82, 2.24) is 4.90 Å². The van der Waals surface area contributed by atoms with Gasteiger partial charge in [0.05, 0.1) is 0 Å². The Bertz CT molecular complexity index is 350. The number of rotatable bonds is 3. The van der Waals surface area contributed by atoms with Crippen LogP contribution in [-0.2, 0) is 0 Å². The SMILES string of the molecule is CC1CCCN(C(CN)c2ccc(O)cc2)C1. The highest BCUT2D eigenvalue weighted by Crippen LogP contribution is 2.26. The zero-order valence-corrected chi connectivity index (χ0v) is 10.5. The van der Waals surface area contributed by atoms with Gasteiger partial charge in [-0.15, -0.1) is 0 Å². The molecular weight excluding hydrogens is 212 g/mol. The normalized spacial score (nSPS) is 23.5. The molecule has 0 radical (unpaired) electrons. The zero-order chi connectivity index (χ0) is 12.3. The highest BCUT2D eigenvalue weighted by atomic mass is 16.3. The first-order valence-electron chi connectivity index (χ1n) is 6.43. The van der Waals surface area contributed by atoms with Crippen LogP contribution in [0.3, 0.4) is 0 Å². The molecule has 1 heterocycles. The predicted octanol–water partition coefficient (Wildman–Crippen LogP) is 2.12. The fraction of sp³-hybridized carbons (Fsp3) is 0.571. The maximum absolute atomic E-state index is 9.32.